The van der Waals surface area contributed by atoms with Crippen LogP contribution in [0.25, 0.3) is 0 Å². The molecule has 0 rings (SSSR count). The second-order valence-electron chi connectivity index (χ2n) is 27.7. The Labute approximate surface area is 593 Å². The quantitative estimate of drug-likeness (QED) is 0.0211. The molecule has 552 valence electrons. The minimum atomic E-state index is -4.40. The number of carbonyl (C=O) groups excluding carboxylic acids is 2. The van der Waals surface area contributed by atoms with Gasteiger partial charge in [-0.05, 0) is 109 Å². The Bertz CT molecular complexity index is 2090. The van der Waals surface area contributed by atoms with Gasteiger partial charge in [-0.25, -0.2) is 4.57 Å². The van der Waals surface area contributed by atoms with Crippen LogP contribution in [0.1, 0.15) is 348 Å². The van der Waals surface area contributed by atoms with Crippen molar-refractivity contribution in [2.45, 2.75) is 354 Å². The Morgan fingerprint density at radius 3 is 0.833 bits per heavy atom. The first-order chi connectivity index (χ1) is 47.0. The van der Waals surface area contributed by atoms with Gasteiger partial charge in [0.25, 0.3) is 0 Å². The molecule has 10 heteroatoms. The molecule has 0 aliphatic rings. The SMILES string of the molecule is CC/C=C\C/C=C\C/C=C\C/C=C\C/C=C\C/C=C\CCCCCCCCCCCCCCC(=O)OC(COC(=O)CCCCCCCCCCCCCCCCCCCCCCCCCCC/C=C\C/C=C\C/C=C\C/C=C\C/C=C\CC)COP(=O)(O)OCC[N+](C)(C)C. The molecule has 0 aromatic carbocycles. The normalized spacial score (nSPS) is 13.8. The van der Waals surface area contributed by atoms with E-state index >= 15 is 0 Å². The highest BCUT2D eigenvalue weighted by molar-refractivity contribution is 7.47. The maximum Gasteiger partial charge on any atom is 0.472 e. The van der Waals surface area contributed by atoms with E-state index in [9.17, 15) is 19.0 Å². The zero-order valence-electron chi connectivity index (χ0n) is 63.1. The molecule has 0 saturated heterocycles. The molecule has 96 heavy (non-hydrogen) atoms. The average molecular weight is 1360 g/mol. The van der Waals surface area contributed by atoms with Crippen LogP contribution in [0.2, 0.25) is 0 Å². The van der Waals surface area contributed by atoms with Crippen LogP contribution in [0.4, 0.5) is 0 Å². The zero-order valence-corrected chi connectivity index (χ0v) is 64.0. The molecule has 0 spiro atoms. The number of unbranched alkanes of at least 4 members (excludes halogenated alkanes) is 37. The molecule has 2 unspecified atom stereocenters. The Morgan fingerprint density at radius 1 is 0.323 bits per heavy atom. The largest absolute Gasteiger partial charge is 0.472 e. The molecule has 0 heterocycles. The van der Waals surface area contributed by atoms with Gasteiger partial charge in [0, 0.05) is 12.8 Å². The highest BCUT2D eigenvalue weighted by atomic mass is 31.2. The number of phosphoric ester groups is 1. The lowest BCUT2D eigenvalue weighted by Crippen LogP contribution is -2.37. The van der Waals surface area contributed by atoms with Crippen molar-refractivity contribution in [2.24, 2.45) is 0 Å². The maximum atomic E-state index is 12.9. The fourth-order valence-corrected chi connectivity index (χ4v) is 11.9. The summed E-state index contributed by atoms with van der Waals surface area (Å²) in [5.41, 5.74) is 0. The second kappa shape index (κ2) is 75.4. The summed E-state index contributed by atoms with van der Waals surface area (Å²) in [5, 5.41) is 0. The molecule has 0 fully saturated rings. The number of carbonyl (C=O) groups is 2. The molecule has 9 nitrogen and oxygen atoms in total. The summed E-state index contributed by atoms with van der Waals surface area (Å²) in [6, 6.07) is 0. The lowest BCUT2D eigenvalue weighted by Gasteiger charge is -2.24. The smallest absolute Gasteiger partial charge is 0.462 e. The number of phosphoric acid groups is 1. The topological polar surface area (TPSA) is 108 Å². The van der Waals surface area contributed by atoms with Gasteiger partial charge in [-0.2, -0.15) is 0 Å². The molecule has 0 aromatic heterocycles. The Morgan fingerprint density at radius 2 is 0.562 bits per heavy atom. The standard InChI is InChI=1S/C86H150NO8P/c1-6-8-10-12-14-16-18-20-22-24-26-28-30-32-34-36-38-39-40-41-42-43-44-45-46-47-49-50-52-54-56-58-60-62-64-66-68-70-72-74-76-78-85(88)92-82-84(83-94-96(90,91)93-81-80-87(3,4)5)95-86(89)79-77-75-73-71-69-67-65-63-61-59-57-55-53-51-48-37-35-33-31-29-27-25-23-21-19-17-15-13-11-9-7-2/h8-11,14-17,20-23,26-29,32-35,48,51,84H,6-7,12-13,18-19,24-25,30-31,36-47,49-50,52-83H2,1-5H3/p+1/b10-8-,11-9-,16-14-,17-15-,22-20-,23-21-,28-26-,29-27-,34-32-,35-33-,51-48-. The van der Waals surface area contributed by atoms with Crippen LogP contribution in [0, 0.1) is 0 Å². The number of rotatable bonds is 73. The molecule has 0 saturated carbocycles. The summed E-state index contributed by atoms with van der Waals surface area (Å²) in [6.45, 7) is 4.24. The third kappa shape index (κ3) is 79.1. The van der Waals surface area contributed by atoms with Crippen LogP contribution in [-0.2, 0) is 32.7 Å². The van der Waals surface area contributed by atoms with Crippen molar-refractivity contribution < 1.29 is 42.1 Å². The molecular weight excluding hydrogens is 1210 g/mol. The van der Waals surface area contributed by atoms with E-state index in [0.29, 0.717) is 17.4 Å². The van der Waals surface area contributed by atoms with Crippen LogP contribution >= 0.6 is 7.82 Å². The van der Waals surface area contributed by atoms with Gasteiger partial charge < -0.3 is 18.9 Å². The van der Waals surface area contributed by atoms with Gasteiger partial charge in [0.15, 0.2) is 6.10 Å². The van der Waals surface area contributed by atoms with Crippen molar-refractivity contribution in [3.8, 4) is 0 Å². The molecule has 0 aromatic rings. The van der Waals surface area contributed by atoms with Gasteiger partial charge in [-0.1, -0.05) is 359 Å². The maximum absolute atomic E-state index is 12.9. The highest BCUT2D eigenvalue weighted by Crippen LogP contribution is 2.43. The number of quaternary nitrogens is 1. The Balaban J connectivity index is 3.94. The van der Waals surface area contributed by atoms with E-state index < -0.39 is 26.5 Å². The molecule has 0 amide bonds. The van der Waals surface area contributed by atoms with E-state index in [2.05, 4.69) is 148 Å². The van der Waals surface area contributed by atoms with Gasteiger partial charge in [0.1, 0.15) is 19.8 Å². The van der Waals surface area contributed by atoms with E-state index in [4.69, 9.17) is 18.5 Å². The molecular formula is C86H151NO8P+. The minimum Gasteiger partial charge on any atom is -0.462 e. The van der Waals surface area contributed by atoms with Crippen LogP contribution in [0.15, 0.2) is 134 Å². The van der Waals surface area contributed by atoms with Gasteiger partial charge in [0.2, 0.25) is 0 Å². The van der Waals surface area contributed by atoms with Gasteiger partial charge in [-0.15, -0.1) is 0 Å². The summed E-state index contributed by atoms with van der Waals surface area (Å²) >= 11 is 0. The fourth-order valence-electron chi connectivity index (χ4n) is 11.2. The zero-order chi connectivity index (χ0) is 69.7. The number of allylic oxidation sites excluding steroid dienone is 22. The van der Waals surface area contributed by atoms with E-state index in [1.807, 2.05) is 21.1 Å². The first kappa shape index (κ1) is 92.2. The van der Waals surface area contributed by atoms with E-state index in [0.717, 1.165) is 109 Å². The number of likely N-dealkylation sites (N-methyl/N-ethyl adjacent to an activating group) is 1. The number of nitrogens with zero attached hydrogens (tertiary/aromatic N) is 1. The number of hydrogen-bond acceptors (Lipinski definition) is 7. The Kier molecular flexibility index (Phi) is 72.3. The lowest BCUT2D eigenvalue weighted by atomic mass is 10.0. The summed E-state index contributed by atoms with van der Waals surface area (Å²) in [4.78, 5) is 36.0. The monoisotopic (exact) mass is 1360 g/mol. The van der Waals surface area contributed by atoms with Crippen molar-refractivity contribution in [2.75, 3.05) is 47.5 Å². The van der Waals surface area contributed by atoms with Crippen LogP contribution in [0.3, 0.4) is 0 Å². The van der Waals surface area contributed by atoms with E-state index in [1.54, 1.807) is 0 Å². The van der Waals surface area contributed by atoms with Crippen molar-refractivity contribution in [1.29, 1.82) is 0 Å². The predicted octanol–water partition coefficient (Wildman–Crippen LogP) is 26.7. The number of hydrogen-bond donors (Lipinski definition) is 1. The molecule has 0 bridgehead atoms. The fraction of sp³-hybridized carbons (Fsp3) is 0.721. The van der Waals surface area contributed by atoms with E-state index in [-0.39, 0.29) is 32.0 Å². The van der Waals surface area contributed by atoms with E-state index in [1.165, 1.54) is 205 Å². The van der Waals surface area contributed by atoms with Crippen LogP contribution in [-0.4, -0.2) is 74.9 Å². The molecule has 0 radical (unpaired) electrons. The predicted molar refractivity (Wildman–Crippen MR) is 417 cm³/mol. The molecule has 2 atom stereocenters. The van der Waals surface area contributed by atoms with Crippen molar-refractivity contribution in [3.63, 3.8) is 0 Å². The van der Waals surface area contributed by atoms with Gasteiger partial charge >= 0.3 is 19.8 Å². The third-order valence-corrected chi connectivity index (χ3v) is 18.2. The first-order valence-electron chi connectivity index (χ1n) is 39.9. The lowest BCUT2D eigenvalue weighted by molar-refractivity contribution is -0.870. The second-order valence-corrected chi connectivity index (χ2v) is 29.1. The minimum absolute atomic E-state index is 0.0284. The van der Waals surface area contributed by atoms with Gasteiger partial charge in [0.05, 0.1) is 27.7 Å². The first-order valence-corrected chi connectivity index (χ1v) is 41.4. The van der Waals surface area contributed by atoms with Gasteiger partial charge in [-0.3, -0.25) is 18.6 Å². The van der Waals surface area contributed by atoms with Crippen molar-refractivity contribution in [3.05, 3.63) is 134 Å². The summed E-state index contributed by atoms with van der Waals surface area (Å²) in [5.74, 6) is -0.790. The number of ether oxygens (including phenoxy) is 2. The number of esters is 2. The molecule has 0 aliphatic carbocycles. The Hall–Kier alpha value is -3.85. The summed E-state index contributed by atoms with van der Waals surface area (Å²) in [6.07, 6.45) is 110. The van der Waals surface area contributed by atoms with Crippen molar-refractivity contribution >= 4 is 19.8 Å². The van der Waals surface area contributed by atoms with Crippen LogP contribution in [0.5, 0.6) is 0 Å². The highest BCUT2D eigenvalue weighted by Gasteiger charge is 2.27. The van der Waals surface area contributed by atoms with Crippen LogP contribution < -0.4 is 0 Å². The molecule has 0 aliphatic heterocycles. The van der Waals surface area contributed by atoms with Crippen molar-refractivity contribution in [1.82, 2.24) is 0 Å². The molecule has 1 N–H and O–H groups in total. The summed E-state index contributed by atoms with van der Waals surface area (Å²) < 4.78 is 34.8. The summed E-state index contributed by atoms with van der Waals surface area (Å²) in [7, 11) is 1.48. The third-order valence-electron chi connectivity index (χ3n) is 17.2. The average Bonchev–Trinajstić information content (AvgIpc) is 1.97.